The highest BCUT2D eigenvalue weighted by Gasteiger charge is 2.55. The molecule has 0 spiro atoms. The summed E-state index contributed by atoms with van der Waals surface area (Å²) < 4.78 is 40.1. The van der Waals surface area contributed by atoms with E-state index in [1.165, 1.54) is 24.3 Å². The van der Waals surface area contributed by atoms with Crippen molar-refractivity contribution in [1.82, 2.24) is 5.32 Å². The molecule has 3 N–H and O–H groups in total. The van der Waals surface area contributed by atoms with E-state index in [9.17, 15) is 27.9 Å². The highest BCUT2D eigenvalue weighted by molar-refractivity contribution is 6.40. The molecule has 144 valence electrons. The topological polar surface area (TPSA) is 78.4 Å². The summed E-state index contributed by atoms with van der Waals surface area (Å²) in [6.45, 7) is 0.384. The Balaban J connectivity index is 2.12. The number of nitrogens with one attached hydrogen (secondary N) is 2. The molecule has 2 amide bonds. The Hall–Kier alpha value is -2.58. The lowest BCUT2D eigenvalue weighted by molar-refractivity contribution is -0.264. The predicted octanol–water partition coefficient (Wildman–Crippen LogP) is 3.15. The van der Waals surface area contributed by atoms with Gasteiger partial charge in [-0.15, -0.1) is 0 Å². The number of aliphatic hydroxyl groups is 1. The van der Waals surface area contributed by atoms with Gasteiger partial charge in [0.1, 0.15) is 0 Å². The number of alkyl halides is 3. The number of hydrogen-bond acceptors (Lipinski definition) is 3. The number of carbonyl (C=O) groups is 2. The first-order chi connectivity index (χ1) is 12.6. The fraction of sp³-hybridized carbons (Fsp3) is 0.222. The van der Waals surface area contributed by atoms with Crippen molar-refractivity contribution in [2.24, 2.45) is 0 Å². The lowest BCUT2D eigenvalue weighted by Gasteiger charge is -2.31. The van der Waals surface area contributed by atoms with Crippen LogP contribution in [0.1, 0.15) is 11.1 Å². The van der Waals surface area contributed by atoms with Crippen LogP contribution in [0.2, 0.25) is 5.02 Å². The molecule has 2 rings (SSSR count). The zero-order chi connectivity index (χ0) is 20.2. The van der Waals surface area contributed by atoms with Crippen LogP contribution < -0.4 is 10.6 Å². The minimum Gasteiger partial charge on any atom is -0.375 e. The summed E-state index contributed by atoms with van der Waals surface area (Å²) in [7, 11) is 0. The van der Waals surface area contributed by atoms with Gasteiger partial charge in [-0.25, -0.2) is 0 Å². The van der Waals surface area contributed by atoms with E-state index in [-0.39, 0.29) is 5.69 Å². The zero-order valence-corrected chi connectivity index (χ0v) is 14.9. The Bertz CT molecular complexity index is 843. The van der Waals surface area contributed by atoms with Crippen LogP contribution in [-0.2, 0) is 15.2 Å². The Morgan fingerprint density at radius 3 is 2.26 bits per heavy atom. The molecule has 2 aromatic carbocycles. The zero-order valence-electron chi connectivity index (χ0n) is 14.1. The van der Waals surface area contributed by atoms with E-state index in [1.54, 1.807) is 19.1 Å². The molecule has 0 aliphatic heterocycles. The van der Waals surface area contributed by atoms with Gasteiger partial charge in [-0.2, -0.15) is 13.2 Å². The van der Waals surface area contributed by atoms with Crippen LogP contribution >= 0.6 is 11.6 Å². The Kier molecular flexibility index (Phi) is 6.12. The molecule has 0 radical (unpaired) electrons. The van der Waals surface area contributed by atoms with Gasteiger partial charge in [0, 0.05) is 10.7 Å². The van der Waals surface area contributed by atoms with E-state index in [0.717, 1.165) is 12.1 Å². The van der Waals surface area contributed by atoms with Gasteiger partial charge in [-0.1, -0.05) is 48.0 Å². The molecule has 0 unspecified atom stereocenters. The highest BCUT2D eigenvalue weighted by atomic mass is 35.5. The van der Waals surface area contributed by atoms with E-state index < -0.39 is 35.7 Å². The van der Waals surface area contributed by atoms with Crippen LogP contribution in [0, 0.1) is 6.92 Å². The molecule has 0 aliphatic rings. The minimum atomic E-state index is -5.07. The predicted molar refractivity (Wildman–Crippen MR) is 94.2 cm³/mol. The van der Waals surface area contributed by atoms with Gasteiger partial charge in [0.25, 0.3) is 0 Å². The summed E-state index contributed by atoms with van der Waals surface area (Å²) in [4.78, 5) is 23.9. The SMILES string of the molecule is Cc1c(Cl)cccc1NC(=O)C(=O)NC[C@](O)(c1ccccc1)C(F)(F)F. The molecule has 1 atom stereocenters. The average molecular weight is 401 g/mol. The van der Waals surface area contributed by atoms with Crippen molar-refractivity contribution >= 4 is 29.1 Å². The van der Waals surface area contributed by atoms with Crippen molar-refractivity contribution in [3.8, 4) is 0 Å². The van der Waals surface area contributed by atoms with E-state index in [4.69, 9.17) is 11.6 Å². The average Bonchev–Trinajstić information content (AvgIpc) is 2.62. The number of amides is 2. The summed E-state index contributed by atoms with van der Waals surface area (Å²) in [6, 6.07) is 10.9. The van der Waals surface area contributed by atoms with Crippen LogP contribution in [-0.4, -0.2) is 29.6 Å². The molecule has 0 saturated carbocycles. The largest absolute Gasteiger partial charge is 0.423 e. The van der Waals surface area contributed by atoms with Crippen molar-refractivity contribution < 1.29 is 27.9 Å². The fourth-order valence-electron chi connectivity index (χ4n) is 2.29. The molecule has 0 fully saturated rings. The van der Waals surface area contributed by atoms with Crippen LogP contribution in [0.5, 0.6) is 0 Å². The number of benzene rings is 2. The second kappa shape index (κ2) is 7.98. The maximum absolute atomic E-state index is 13.4. The molecule has 0 aliphatic carbocycles. The van der Waals surface area contributed by atoms with Crippen LogP contribution in [0.4, 0.5) is 18.9 Å². The third-order valence-corrected chi connectivity index (χ3v) is 4.36. The van der Waals surface area contributed by atoms with Gasteiger partial charge in [0.05, 0.1) is 6.54 Å². The molecular formula is C18H16ClF3N2O3. The van der Waals surface area contributed by atoms with Crippen LogP contribution in [0.15, 0.2) is 48.5 Å². The highest BCUT2D eigenvalue weighted by Crippen LogP contribution is 2.38. The van der Waals surface area contributed by atoms with Crippen molar-refractivity contribution in [3.63, 3.8) is 0 Å². The van der Waals surface area contributed by atoms with Crippen LogP contribution in [0.25, 0.3) is 0 Å². The summed E-state index contributed by atoms with van der Waals surface area (Å²) in [5, 5.41) is 14.6. The molecule has 0 saturated heterocycles. The van der Waals surface area contributed by atoms with Gasteiger partial charge >= 0.3 is 18.0 Å². The van der Waals surface area contributed by atoms with Crippen LogP contribution in [0.3, 0.4) is 0 Å². The molecular weight excluding hydrogens is 385 g/mol. The first-order valence-corrected chi connectivity index (χ1v) is 8.13. The summed E-state index contributed by atoms with van der Waals surface area (Å²) in [6.07, 6.45) is -5.07. The number of carbonyl (C=O) groups excluding carboxylic acids is 2. The quantitative estimate of drug-likeness (QED) is 0.690. The normalized spacial score (nSPS) is 13.6. The number of halogens is 4. The smallest absolute Gasteiger partial charge is 0.375 e. The van der Waals surface area contributed by atoms with Crippen molar-refractivity contribution in [2.45, 2.75) is 18.7 Å². The standard InChI is InChI=1S/C18H16ClF3N2O3/c1-11-13(19)8-5-9-14(11)24-16(26)15(25)23-10-17(27,18(20,21)22)12-6-3-2-4-7-12/h2-9,27H,10H2,1H3,(H,23,25)(H,24,26)/t17-/m0/s1. The Morgan fingerprint density at radius 1 is 1.04 bits per heavy atom. The third kappa shape index (κ3) is 4.58. The monoisotopic (exact) mass is 400 g/mol. The maximum atomic E-state index is 13.4. The van der Waals surface area contributed by atoms with Gasteiger partial charge < -0.3 is 15.7 Å². The van der Waals surface area contributed by atoms with Gasteiger partial charge in [0.2, 0.25) is 5.60 Å². The molecule has 0 heterocycles. The molecule has 5 nitrogen and oxygen atoms in total. The van der Waals surface area contributed by atoms with Crippen molar-refractivity contribution in [3.05, 3.63) is 64.7 Å². The van der Waals surface area contributed by atoms with E-state index in [2.05, 4.69) is 5.32 Å². The minimum absolute atomic E-state index is 0.247. The third-order valence-electron chi connectivity index (χ3n) is 3.95. The molecule has 9 heteroatoms. The van der Waals surface area contributed by atoms with Gasteiger partial charge in [-0.3, -0.25) is 9.59 Å². The lowest BCUT2D eigenvalue weighted by Crippen LogP contribution is -2.52. The maximum Gasteiger partial charge on any atom is 0.423 e. The Morgan fingerprint density at radius 2 is 1.67 bits per heavy atom. The van der Waals surface area contributed by atoms with Gasteiger partial charge in [0.15, 0.2) is 0 Å². The van der Waals surface area contributed by atoms with E-state index in [0.29, 0.717) is 10.6 Å². The van der Waals surface area contributed by atoms with Crippen molar-refractivity contribution in [1.29, 1.82) is 0 Å². The Labute approximate surface area is 158 Å². The number of hydrogen-bond donors (Lipinski definition) is 3. The summed E-state index contributed by atoms with van der Waals surface area (Å²) in [5.74, 6) is -2.51. The van der Waals surface area contributed by atoms with E-state index in [1.807, 2.05) is 5.32 Å². The first kappa shape index (κ1) is 20.7. The summed E-state index contributed by atoms with van der Waals surface area (Å²) in [5.41, 5.74) is -3.05. The molecule has 0 aromatic heterocycles. The molecule has 2 aromatic rings. The van der Waals surface area contributed by atoms with E-state index >= 15 is 0 Å². The fourth-order valence-corrected chi connectivity index (χ4v) is 2.46. The van der Waals surface area contributed by atoms with Gasteiger partial charge in [-0.05, 0) is 30.2 Å². The van der Waals surface area contributed by atoms with Crippen molar-refractivity contribution in [2.75, 3.05) is 11.9 Å². The summed E-state index contributed by atoms with van der Waals surface area (Å²) >= 11 is 5.91. The lowest BCUT2D eigenvalue weighted by atomic mass is 9.93. The molecule has 27 heavy (non-hydrogen) atoms. The number of rotatable bonds is 4. The number of anilines is 1. The molecule has 0 bridgehead atoms. The second-order valence-corrected chi connectivity index (χ2v) is 6.18. The first-order valence-electron chi connectivity index (χ1n) is 7.75. The second-order valence-electron chi connectivity index (χ2n) is 5.77.